The zero-order valence-corrected chi connectivity index (χ0v) is 10.4. The lowest BCUT2D eigenvalue weighted by atomic mass is 10.2. The Morgan fingerprint density at radius 1 is 1.53 bits per heavy atom. The molecule has 4 nitrogen and oxygen atoms in total. The van der Waals surface area contributed by atoms with Gasteiger partial charge in [0.15, 0.2) is 5.69 Å². The molecule has 88 valence electrons. The predicted octanol–water partition coefficient (Wildman–Crippen LogP) is 3.14. The second-order valence-corrected chi connectivity index (χ2v) is 4.27. The van der Waals surface area contributed by atoms with Crippen LogP contribution in [0.5, 0.6) is 0 Å². The minimum atomic E-state index is -0.441. The van der Waals surface area contributed by atoms with Crippen molar-refractivity contribution in [2.75, 3.05) is 5.32 Å². The van der Waals surface area contributed by atoms with Crippen LogP contribution in [0.2, 0.25) is 0 Å². The van der Waals surface area contributed by atoms with Crippen molar-refractivity contribution in [1.82, 2.24) is 5.16 Å². The van der Waals surface area contributed by atoms with Gasteiger partial charge in [0, 0.05) is 11.8 Å². The van der Waals surface area contributed by atoms with Gasteiger partial charge >= 0.3 is 0 Å². The van der Waals surface area contributed by atoms with E-state index in [0.29, 0.717) is 10.2 Å². The van der Waals surface area contributed by atoms with Gasteiger partial charge in [-0.05, 0) is 40.5 Å². The third kappa shape index (κ3) is 2.52. The van der Waals surface area contributed by atoms with E-state index in [1.165, 1.54) is 18.4 Å². The van der Waals surface area contributed by atoms with Gasteiger partial charge in [-0.25, -0.2) is 4.39 Å². The van der Waals surface area contributed by atoms with Crippen LogP contribution in [0.3, 0.4) is 0 Å². The number of nitrogens with zero attached hydrogens (tertiary/aromatic N) is 1. The van der Waals surface area contributed by atoms with Crippen LogP contribution < -0.4 is 5.32 Å². The molecule has 2 rings (SSSR count). The average Bonchev–Trinajstić information content (AvgIpc) is 2.79. The molecule has 0 unspecified atom stereocenters. The Hall–Kier alpha value is -1.69. The van der Waals surface area contributed by atoms with Crippen LogP contribution in [0.15, 0.2) is 33.5 Å². The fourth-order valence-corrected chi connectivity index (χ4v) is 1.75. The monoisotopic (exact) mass is 298 g/mol. The van der Waals surface area contributed by atoms with E-state index >= 15 is 0 Å². The highest BCUT2D eigenvalue weighted by atomic mass is 79.9. The number of aryl methyl sites for hydroxylation is 1. The van der Waals surface area contributed by atoms with Crippen LogP contribution in [0.1, 0.15) is 16.1 Å². The van der Waals surface area contributed by atoms with Crippen molar-refractivity contribution in [2.24, 2.45) is 0 Å². The predicted molar refractivity (Wildman–Crippen MR) is 63.3 cm³/mol. The number of benzene rings is 1. The van der Waals surface area contributed by atoms with Crippen LogP contribution in [0, 0.1) is 12.7 Å². The average molecular weight is 299 g/mol. The molecule has 2 aromatic rings. The van der Waals surface area contributed by atoms with Gasteiger partial charge in [0.25, 0.3) is 5.91 Å². The molecule has 0 saturated heterocycles. The molecule has 0 aliphatic carbocycles. The zero-order chi connectivity index (χ0) is 12.4. The fourth-order valence-electron chi connectivity index (χ4n) is 1.30. The van der Waals surface area contributed by atoms with Gasteiger partial charge in [-0.15, -0.1) is 0 Å². The Bertz CT molecular complexity index is 555. The maximum Gasteiger partial charge on any atom is 0.277 e. The van der Waals surface area contributed by atoms with Crippen LogP contribution in [0.25, 0.3) is 0 Å². The van der Waals surface area contributed by atoms with E-state index in [1.807, 2.05) is 0 Å². The highest BCUT2D eigenvalue weighted by Crippen LogP contribution is 2.24. The first-order valence-electron chi connectivity index (χ1n) is 4.75. The molecule has 0 bridgehead atoms. The first-order valence-corrected chi connectivity index (χ1v) is 5.54. The molecule has 6 heteroatoms. The maximum absolute atomic E-state index is 13.3. The number of carbonyl (C=O) groups is 1. The van der Waals surface area contributed by atoms with Crippen molar-refractivity contribution in [1.29, 1.82) is 0 Å². The molecule has 1 amide bonds. The number of anilines is 1. The van der Waals surface area contributed by atoms with Gasteiger partial charge in [-0.3, -0.25) is 4.79 Å². The third-order valence-electron chi connectivity index (χ3n) is 2.19. The molecule has 1 N–H and O–H groups in total. The van der Waals surface area contributed by atoms with Gasteiger partial charge in [0.1, 0.15) is 12.1 Å². The first-order chi connectivity index (χ1) is 8.08. The van der Waals surface area contributed by atoms with Crippen molar-refractivity contribution < 1.29 is 13.7 Å². The summed E-state index contributed by atoms with van der Waals surface area (Å²) < 4.78 is 18.2. The molecule has 0 fully saturated rings. The number of halogens is 2. The molecule has 0 radical (unpaired) electrons. The van der Waals surface area contributed by atoms with E-state index in [9.17, 15) is 9.18 Å². The topological polar surface area (TPSA) is 55.1 Å². The van der Waals surface area contributed by atoms with Gasteiger partial charge in [0.2, 0.25) is 0 Å². The summed E-state index contributed by atoms with van der Waals surface area (Å²) in [5.74, 6) is -0.880. The number of rotatable bonds is 2. The molecule has 0 spiro atoms. The van der Waals surface area contributed by atoms with Crippen molar-refractivity contribution in [3.8, 4) is 0 Å². The standard InChI is InChI=1S/C11H8BrFN2O2/c1-6-4-7(12)8(13)5-10(6)14-11(16)9-2-3-17-15-9/h2-5H,1H3,(H,14,16). The Morgan fingerprint density at radius 3 is 2.94 bits per heavy atom. The molecular formula is C11H8BrFN2O2. The smallest absolute Gasteiger partial charge is 0.277 e. The minimum Gasteiger partial charge on any atom is -0.364 e. The van der Waals surface area contributed by atoms with E-state index in [-0.39, 0.29) is 5.69 Å². The summed E-state index contributed by atoms with van der Waals surface area (Å²) in [6.45, 7) is 1.77. The van der Waals surface area contributed by atoms with Gasteiger partial charge in [0.05, 0.1) is 4.47 Å². The zero-order valence-electron chi connectivity index (χ0n) is 8.83. The van der Waals surface area contributed by atoms with Crippen molar-refractivity contribution in [3.63, 3.8) is 0 Å². The Labute approximate surface area is 105 Å². The van der Waals surface area contributed by atoms with Gasteiger partial charge < -0.3 is 9.84 Å². The normalized spacial score (nSPS) is 10.3. The number of nitrogens with one attached hydrogen (secondary N) is 1. The summed E-state index contributed by atoms with van der Waals surface area (Å²) in [5, 5.41) is 6.05. The summed E-state index contributed by atoms with van der Waals surface area (Å²) in [6, 6.07) is 4.27. The quantitative estimate of drug-likeness (QED) is 0.927. The van der Waals surface area contributed by atoms with Crippen molar-refractivity contribution >= 4 is 27.5 Å². The van der Waals surface area contributed by atoms with E-state index in [0.717, 1.165) is 5.56 Å². The first kappa shape index (κ1) is 11.8. The van der Waals surface area contributed by atoms with Gasteiger partial charge in [-0.1, -0.05) is 5.16 Å². The molecular weight excluding hydrogens is 291 g/mol. The molecule has 0 aliphatic heterocycles. The number of hydrogen-bond donors (Lipinski definition) is 1. The lowest BCUT2D eigenvalue weighted by Crippen LogP contribution is -2.13. The minimum absolute atomic E-state index is 0.146. The van der Waals surface area contributed by atoms with E-state index in [2.05, 4.69) is 30.9 Å². The number of amides is 1. The molecule has 0 saturated carbocycles. The van der Waals surface area contributed by atoms with Crippen LogP contribution in [0.4, 0.5) is 10.1 Å². The Morgan fingerprint density at radius 2 is 2.29 bits per heavy atom. The Balaban J connectivity index is 2.25. The lowest BCUT2D eigenvalue weighted by molar-refractivity contribution is 0.101. The second-order valence-electron chi connectivity index (χ2n) is 3.42. The maximum atomic E-state index is 13.3. The highest BCUT2D eigenvalue weighted by Gasteiger charge is 2.12. The third-order valence-corrected chi connectivity index (χ3v) is 2.79. The second kappa shape index (κ2) is 4.67. The SMILES string of the molecule is Cc1cc(Br)c(F)cc1NC(=O)c1ccon1. The van der Waals surface area contributed by atoms with E-state index in [1.54, 1.807) is 13.0 Å². The Kier molecular flexibility index (Phi) is 3.23. The molecule has 1 aromatic heterocycles. The molecule has 1 aromatic carbocycles. The van der Waals surface area contributed by atoms with Crippen molar-refractivity contribution in [2.45, 2.75) is 6.92 Å². The summed E-state index contributed by atoms with van der Waals surface area (Å²) in [5.41, 5.74) is 1.29. The largest absolute Gasteiger partial charge is 0.364 e. The van der Waals surface area contributed by atoms with Gasteiger partial charge in [-0.2, -0.15) is 0 Å². The molecule has 1 heterocycles. The highest BCUT2D eigenvalue weighted by molar-refractivity contribution is 9.10. The summed E-state index contributed by atoms with van der Waals surface area (Å²) >= 11 is 3.07. The summed E-state index contributed by atoms with van der Waals surface area (Å²) in [7, 11) is 0. The molecule has 17 heavy (non-hydrogen) atoms. The number of aromatic nitrogens is 1. The molecule has 0 aliphatic rings. The summed E-state index contributed by atoms with van der Waals surface area (Å²) in [4.78, 5) is 11.7. The lowest BCUT2D eigenvalue weighted by Gasteiger charge is -2.07. The van der Waals surface area contributed by atoms with E-state index in [4.69, 9.17) is 0 Å². The fraction of sp³-hybridized carbons (Fsp3) is 0.0909. The van der Waals surface area contributed by atoms with Crippen LogP contribution in [-0.2, 0) is 0 Å². The van der Waals surface area contributed by atoms with Crippen LogP contribution >= 0.6 is 15.9 Å². The van der Waals surface area contributed by atoms with E-state index < -0.39 is 11.7 Å². The summed E-state index contributed by atoms with van der Waals surface area (Å²) in [6.07, 6.45) is 1.30. The number of hydrogen-bond acceptors (Lipinski definition) is 3. The van der Waals surface area contributed by atoms with Crippen molar-refractivity contribution in [3.05, 3.63) is 46.0 Å². The number of carbonyl (C=O) groups excluding carboxylic acids is 1. The van der Waals surface area contributed by atoms with Crippen LogP contribution in [-0.4, -0.2) is 11.1 Å². The molecule has 0 atom stereocenters.